The van der Waals surface area contributed by atoms with E-state index in [9.17, 15) is 5.11 Å². The van der Waals surface area contributed by atoms with E-state index in [1.54, 1.807) is 0 Å². The predicted octanol–water partition coefficient (Wildman–Crippen LogP) is 6.15. The highest BCUT2D eigenvalue weighted by Gasteiger charge is 2.15. The van der Waals surface area contributed by atoms with Gasteiger partial charge in [-0.3, -0.25) is 0 Å². The van der Waals surface area contributed by atoms with E-state index < -0.39 is 6.10 Å². The van der Waals surface area contributed by atoms with Gasteiger partial charge in [-0.2, -0.15) is 0 Å². The Morgan fingerprint density at radius 3 is 2.37 bits per heavy atom. The Labute approximate surface area is 179 Å². The van der Waals surface area contributed by atoms with E-state index in [0.29, 0.717) is 18.3 Å². The molecule has 0 amide bonds. The molecule has 4 nitrogen and oxygen atoms in total. The largest absolute Gasteiger partial charge is 0.490 e. The first-order valence-corrected chi connectivity index (χ1v) is 11.1. The Morgan fingerprint density at radius 1 is 0.900 bits per heavy atom. The quantitative estimate of drug-likeness (QED) is 0.351. The van der Waals surface area contributed by atoms with Gasteiger partial charge in [0.1, 0.15) is 29.8 Å². The van der Waals surface area contributed by atoms with Crippen molar-refractivity contribution in [1.29, 1.82) is 0 Å². The van der Waals surface area contributed by atoms with E-state index in [4.69, 9.17) is 14.3 Å². The monoisotopic (exact) mass is 410 g/mol. The smallest absolute Gasteiger partial charge is 0.145 e. The molecule has 3 rings (SSSR count). The number of aliphatic hydroxyl groups is 2. The minimum absolute atomic E-state index is 0.154. The molecule has 0 aliphatic rings. The molecular weight excluding hydrogens is 376 g/mol. The summed E-state index contributed by atoms with van der Waals surface area (Å²) < 4.78 is 11.6. The van der Waals surface area contributed by atoms with Gasteiger partial charge in [-0.15, -0.1) is 0 Å². The molecule has 4 heteroatoms. The summed E-state index contributed by atoms with van der Waals surface area (Å²) in [7, 11) is 0. The summed E-state index contributed by atoms with van der Waals surface area (Å²) in [5.74, 6) is 1.73. The SMILES string of the molecule is CC(C)c1ccc2oc(C(O)COc3ccc(CCCCCCCO)cc3)cc2c1. The standard InChI is InChI=1S/C26H34O4/c1-19(2)21-11-14-25-22(16-21)17-26(30-25)24(28)18-29-23-12-9-20(10-13-23)8-6-4-3-5-7-15-27/h9-14,16-17,19,24,27-28H,3-8,15,18H2,1-2H3. The van der Waals surface area contributed by atoms with Gasteiger partial charge in [-0.05, 0) is 66.6 Å². The lowest BCUT2D eigenvalue weighted by atomic mass is 10.0. The van der Waals surface area contributed by atoms with Gasteiger partial charge in [0.05, 0.1) is 0 Å². The molecule has 0 radical (unpaired) electrons. The molecule has 0 saturated heterocycles. The number of rotatable bonds is 12. The van der Waals surface area contributed by atoms with Crippen molar-refractivity contribution in [3.8, 4) is 5.75 Å². The highest BCUT2D eigenvalue weighted by molar-refractivity contribution is 5.79. The van der Waals surface area contributed by atoms with Crippen LogP contribution in [-0.4, -0.2) is 23.4 Å². The summed E-state index contributed by atoms with van der Waals surface area (Å²) in [6, 6.07) is 16.1. The highest BCUT2D eigenvalue weighted by atomic mass is 16.5. The number of hydrogen-bond acceptors (Lipinski definition) is 4. The van der Waals surface area contributed by atoms with Crippen molar-refractivity contribution in [3.05, 3.63) is 65.4 Å². The maximum Gasteiger partial charge on any atom is 0.145 e. The summed E-state index contributed by atoms with van der Waals surface area (Å²) in [4.78, 5) is 0. The molecule has 0 aliphatic heterocycles. The minimum Gasteiger partial charge on any atom is -0.490 e. The van der Waals surface area contributed by atoms with Crippen molar-refractivity contribution in [2.75, 3.05) is 13.2 Å². The molecule has 1 heterocycles. The van der Waals surface area contributed by atoms with Crippen LogP contribution in [0, 0.1) is 0 Å². The van der Waals surface area contributed by atoms with Gasteiger partial charge in [0.15, 0.2) is 0 Å². The molecular formula is C26H34O4. The second-order valence-corrected chi connectivity index (χ2v) is 8.31. The van der Waals surface area contributed by atoms with Crippen molar-refractivity contribution in [3.63, 3.8) is 0 Å². The van der Waals surface area contributed by atoms with E-state index in [-0.39, 0.29) is 6.61 Å². The fourth-order valence-electron chi connectivity index (χ4n) is 3.59. The number of aliphatic hydroxyl groups excluding tert-OH is 2. The number of aryl methyl sites for hydroxylation is 1. The lowest BCUT2D eigenvalue weighted by molar-refractivity contribution is 0.0903. The molecule has 162 valence electrons. The zero-order chi connectivity index (χ0) is 21.3. The summed E-state index contributed by atoms with van der Waals surface area (Å²) in [5, 5.41) is 20.3. The fraction of sp³-hybridized carbons (Fsp3) is 0.462. The lowest BCUT2D eigenvalue weighted by Crippen LogP contribution is -2.08. The van der Waals surface area contributed by atoms with Gasteiger partial charge in [0.2, 0.25) is 0 Å². The first kappa shape index (κ1) is 22.4. The zero-order valence-corrected chi connectivity index (χ0v) is 18.1. The van der Waals surface area contributed by atoms with E-state index >= 15 is 0 Å². The third kappa shape index (κ3) is 6.35. The molecule has 3 aromatic rings. The summed E-state index contributed by atoms with van der Waals surface area (Å²) in [5.41, 5.74) is 3.34. The summed E-state index contributed by atoms with van der Waals surface area (Å²) in [6.45, 7) is 4.78. The zero-order valence-electron chi connectivity index (χ0n) is 18.1. The van der Waals surface area contributed by atoms with Crippen LogP contribution in [0.15, 0.2) is 52.9 Å². The lowest BCUT2D eigenvalue weighted by Gasteiger charge is -2.11. The van der Waals surface area contributed by atoms with E-state index in [0.717, 1.165) is 42.4 Å². The van der Waals surface area contributed by atoms with Crippen molar-refractivity contribution < 1.29 is 19.4 Å². The Hall–Kier alpha value is -2.30. The summed E-state index contributed by atoms with van der Waals surface area (Å²) >= 11 is 0. The molecule has 2 N–H and O–H groups in total. The van der Waals surface area contributed by atoms with Crippen LogP contribution in [0.25, 0.3) is 11.0 Å². The van der Waals surface area contributed by atoms with Gasteiger partial charge in [0, 0.05) is 12.0 Å². The number of hydrogen-bond donors (Lipinski definition) is 2. The normalized spacial score (nSPS) is 12.6. The summed E-state index contributed by atoms with van der Waals surface area (Å²) in [6.07, 6.45) is 5.80. The first-order chi connectivity index (χ1) is 14.6. The number of benzene rings is 2. The predicted molar refractivity (Wildman–Crippen MR) is 121 cm³/mol. The second kappa shape index (κ2) is 11.2. The fourth-order valence-corrected chi connectivity index (χ4v) is 3.59. The number of ether oxygens (including phenoxy) is 1. The first-order valence-electron chi connectivity index (χ1n) is 11.1. The molecule has 0 bridgehead atoms. The van der Waals surface area contributed by atoms with Crippen LogP contribution >= 0.6 is 0 Å². The van der Waals surface area contributed by atoms with Crippen LogP contribution in [0.3, 0.4) is 0 Å². The maximum absolute atomic E-state index is 10.5. The van der Waals surface area contributed by atoms with E-state index in [2.05, 4.69) is 38.1 Å². The third-order valence-corrected chi connectivity index (χ3v) is 5.51. The maximum atomic E-state index is 10.5. The van der Waals surface area contributed by atoms with Crippen LogP contribution in [0.4, 0.5) is 0 Å². The van der Waals surface area contributed by atoms with Crippen LogP contribution < -0.4 is 4.74 Å². The van der Waals surface area contributed by atoms with Crippen molar-refractivity contribution in [2.45, 2.75) is 64.4 Å². The van der Waals surface area contributed by atoms with Crippen LogP contribution in [-0.2, 0) is 6.42 Å². The molecule has 1 atom stereocenters. The molecule has 1 aromatic heterocycles. The third-order valence-electron chi connectivity index (χ3n) is 5.51. The number of unbranched alkanes of at least 4 members (excludes halogenated alkanes) is 4. The molecule has 30 heavy (non-hydrogen) atoms. The van der Waals surface area contributed by atoms with Gasteiger partial charge >= 0.3 is 0 Å². The average molecular weight is 411 g/mol. The average Bonchev–Trinajstić information content (AvgIpc) is 3.19. The molecule has 0 aliphatic carbocycles. The number of fused-ring (bicyclic) bond motifs is 1. The second-order valence-electron chi connectivity index (χ2n) is 8.31. The van der Waals surface area contributed by atoms with Crippen LogP contribution in [0.1, 0.15) is 74.9 Å². The molecule has 2 aromatic carbocycles. The Balaban J connectivity index is 1.47. The van der Waals surface area contributed by atoms with Crippen LogP contribution in [0.5, 0.6) is 5.75 Å². The number of furan rings is 1. The molecule has 0 fully saturated rings. The van der Waals surface area contributed by atoms with Gasteiger partial charge in [-0.25, -0.2) is 0 Å². The minimum atomic E-state index is -0.807. The molecule has 1 unspecified atom stereocenters. The molecule has 0 spiro atoms. The van der Waals surface area contributed by atoms with Gasteiger partial charge < -0.3 is 19.4 Å². The Kier molecular flexibility index (Phi) is 8.35. The van der Waals surface area contributed by atoms with Gasteiger partial charge in [0.25, 0.3) is 0 Å². The van der Waals surface area contributed by atoms with E-state index in [1.165, 1.54) is 24.0 Å². The molecule has 0 saturated carbocycles. The van der Waals surface area contributed by atoms with Crippen molar-refractivity contribution in [1.82, 2.24) is 0 Å². The van der Waals surface area contributed by atoms with Crippen molar-refractivity contribution in [2.24, 2.45) is 0 Å². The topological polar surface area (TPSA) is 62.8 Å². The Morgan fingerprint density at radius 2 is 1.63 bits per heavy atom. The van der Waals surface area contributed by atoms with Gasteiger partial charge in [-0.1, -0.05) is 51.3 Å². The van der Waals surface area contributed by atoms with Crippen LogP contribution in [0.2, 0.25) is 0 Å². The van der Waals surface area contributed by atoms with Crippen molar-refractivity contribution >= 4 is 11.0 Å². The van der Waals surface area contributed by atoms with E-state index in [1.807, 2.05) is 24.3 Å². The highest BCUT2D eigenvalue weighted by Crippen LogP contribution is 2.28. The Bertz CT molecular complexity index is 895.